The molecule has 0 unspecified atom stereocenters. The number of hydrogen-bond donors (Lipinski definition) is 0. The number of benzene rings is 4. The third-order valence-corrected chi connectivity index (χ3v) is 11.5. The zero-order chi connectivity index (χ0) is 31.6. The van der Waals surface area contributed by atoms with E-state index in [1.54, 1.807) is 0 Å². The number of rotatable bonds is 5. The quantitative estimate of drug-likeness (QED) is 0.128. The van der Waals surface area contributed by atoms with E-state index in [9.17, 15) is 0 Å². The second kappa shape index (κ2) is 14.4. The van der Waals surface area contributed by atoms with E-state index in [1.807, 2.05) is 41.8 Å². The van der Waals surface area contributed by atoms with Crippen LogP contribution in [-0.2, 0) is 20.1 Å². The molecule has 3 aromatic heterocycles. The second-order valence-corrected chi connectivity index (χ2v) is 18.9. The maximum absolute atomic E-state index is 4.65. The number of nitrogens with zero attached hydrogens (tertiary/aromatic N) is 2. The topological polar surface area (TPSA) is 25.8 Å². The standard InChI is InChI=1S/C26H20NS.C15H18NSi.Ir/c1-17(2)19-13-14-27-24(15-19)23-10-6-9-22-21-12-11-20(16-25(21)28-26(22)23)18-7-4-3-5-8-18;1-12-10-14(13-8-6-5-7-9-13)16-11-15(12)17(2,3)4;/h3-9,11-17H,1-2H3;5-8,10-11H,1-4H3;/q2*-1;. The van der Waals surface area contributed by atoms with Crippen LogP contribution in [0, 0.1) is 19.1 Å². The number of fused-ring (bicyclic) bond motifs is 3. The fraction of sp³-hybridized carbons (Fsp3) is 0.171. The summed E-state index contributed by atoms with van der Waals surface area (Å²) in [7, 11) is -1.27. The number of thiophene rings is 1. The van der Waals surface area contributed by atoms with E-state index in [0.717, 1.165) is 22.5 Å². The first-order chi connectivity index (χ1) is 21.7. The number of hydrogen-bond acceptors (Lipinski definition) is 3. The average molecular weight is 811 g/mol. The SMILES string of the molecule is CC(C)c1ccnc(-c2[c-]ccc3c2sc2cc(-c4ccccc4)ccc23)c1.Cc1cc(-c2[c-]cccc2)ncc1[Si](C)(C)C.[Ir]. The van der Waals surface area contributed by atoms with E-state index >= 15 is 0 Å². The maximum atomic E-state index is 4.65. The molecule has 7 rings (SSSR count). The van der Waals surface area contributed by atoms with E-state index in [-0.39, 0.29) is 20.1 Å². The zero-order valence-corrected chi connectivity index (χ0v) is 31.4. The molecule has 0 bridgehead atoms. The Labute approximate surface area is 292 Å². The van der Waals surface area contributed by atoms with Crippen LogP contribution >= 0.6 is 11.3 Å². The summed E-state index contributed by atoms with van der Waals surface area (Å²) in [4.78, 5) is 9.23. The van der Waals surface area contributed by atoms with Crippen LogP contribution in [-0.4, -0.2) is 18.0 Å². The molecule has 1 radical (unpaired) electrons. The molecule has 3 heterocycles. The van der Waals surface area contributed by atoms with Gasteiger partial charge in [0.1, 0.15) is 0 Å². The van der Waals surface area contributed by atoms with Crippen LogP contribution in [0.15, 0.2) is 116 Å². The summed E-state index contributed by atoms with van der Waals surface area (Å²) in [5.41, 5.74) is 9.36. The van der Waals surface area contributed by atoms with E-state index in [4.69, 9.17) is 0 Å². The van der Waals surface area contributed by atoms with Gasteiger partial charge in [0.25, 0.3) is 0 Å². The van der Waals surface area contributed by atoms with Gasteiger partial charge in [-0.3, -0.25) is 0 Å². The molecule has 0 N–H and O–H groups in total. The minimum absolute atomic E-state index is 0. The number of aryl methyl sites for hydroxylation is 1. The van der Waals surface area contributed by atoms with Crippen molar-refractivity contribution in [3.05, 3.63) is 139 Å². The minimum atomic E-state index is -1.27. The van der Waals surface area contributed by atoms with Crippen LogP contribution in [0.4, 0.5) is 0 Å². The fourth-order valence-corrected chi connectivity index (χ4v) is 8.68. The van der Waals surface area contributed by atoms with Crippen LogP contribution in [0.3, 0.4) is 0 Å². The van der Waals surface area contributed by atoms with Crippen LogP contribution in [0.5, 0.6) is 0 Å². The van der Waals surface area contributed by atoms with Gasteiger partial charge in [-0.25, -0.2) is 0 Å². The molecule has 4 aromatic carbocycles. The fourth-order valence-electron chi connectivity index (χ4n) is 5.73. The average Bonchev–Trinajstić information content (AvgIpc) is 3.43. The van der Waals surface area contributed by atoms with E-state index in [2.05, 4.69) is 148 Å². The molecule has 0 saturated heterocycles. The van der Waals surface area contributed by atoms with Crippen LogP contribution in [0.25, 0.3) is 53.8 Å². The molecular formula is C41H38IrN2SSi-2. The van der Waals surface area contributed by atoms with E-state index < -0.39 is 8.07 Å². The summed E-state index contributed by atoms with van der Waals surface area (Å²) < 4.78 is 2.56. The Morgan fingerprint density at radius 1 is 0.717 bits per heavy atom. The number of pyridine rings is 2. The summed E-state index contributed by atoms with van der Waals surface area (Å²) >= 11 is 1.83. The van der Waals surface area contributed by atoms with Gasteiger partial charge in [0.2, 0.25) is 0 Å². The minimum Gasteiger partial charge on any atom is -0.305 e. The Morgan fingerprint density at radius 2 is 1.50 bits per heavy atom. The van der Waals surface area contributed by atoms with Crippen molar-refractivity contribution in [3.8, 4) is 33.6 Å². The first-order valence-electron chi connectivity index (χ1n) is 15.5. The molecule has 2 nitrogen and oxygen atoms in total. The predicted octanol–water partition coefficient (Wildman–Crippen LogP) is 11.1. The summed E-state index contributed by atoms with van der Waals surface area (Å²) in [5.74, 6) is 0.483. The zero-order valence-electron chi connectivity index (χ0n) is 27.2. The smallest absolute Gasteiger partial charge is 0.0798 e. The normalized spacial score (nSPS) is 11.3. The molecular weight excluding hydrogens is 773 g/mol. The predicted molar refractivity (Wildman–Crippen MR) is 197 cm³/mol. The van der Waals surface area contributed by atoms with Crippen molar-refractivity contribution in [2.45, 2.75) is 46.3 Å². The molecule has 5 heteroatoms. The second-order valence-electron chi connectivity index (χ2n) is 12.8. The van der Waals surface area contributed by atoms with Crippen molar-refractivity contribution in [3.63, 3.8) is 0 Å². The Kier molecular flexibility index (Phi) is 10.5. The monoisotopic (exact) mass is 811 g/mol. The molecule has 0 atom stereocenters. The van der Waals surface area contributed by atoms with Crippen LogP contribution in [0.2, 0.25) is 19.6 Å². The summed E-state index contributed by atoms with van der Waals surface area (Å²) in [5, 5.41) is 4.03. The molecule has 7 aromatic rings. The van der Waals surface area contributed by atoms with Crippen molar-refractivity contribution >= 4 is 44.8 Å². The van der Waals surface area contributed by atoms with Crippen molar-refractivity contribution < 1.29 is 20.1 Å². The third kappa shape index (κ3) is 7.29. The Hall–Kier alpha value is -3.73. The summed E-state index contributed by atoms with van der Waals surface area (Å²) in [6, 6.07) is 42.7. The molecule has 0 spiro atoms. The van der Waals surface area contributed by atoms with Crippen molar-refractivity contribution in [2.24, 2.45) is 0 Å². The van der Waals surface area contributed by atoms with Gasteiger partial charge < -0.3 is 9.97 Å². The van der Waals surface area contributed by atoms with Gasteiger partial charge in [0.15, 0.2) is 0 Å². The molecule has 0 aliphatic rings. The van der Waals surface area contributed by atoms with Crippen LogP contribution in [0.1, 0.15) is 30.9 Å². The molecule has 0 fully saturated rings. The summed E-state index contributed by atoms with van der Waals surface area (Å²) in [6.07, 6.45) is 3.97. The Bertz CT molecular complexity index is 2080. The van der Waals surface area contributed by atoms with Gasteiger partial charge in [-0.1, -0.05) is 105 Å². The molecule has 233 valence electrons. The van der Waals surface area contributed by atoms with Crippen molar-refractivity contribution in [2.75, 3.05) is 0 Å². The Balaban J connectivity index is 0.000000200. The largest absolute Gasteiger partial charge is 0.305 e. The van der Waals surface area contributed by atoms with Gasteiger partial charge in [-0.15, -0.1) is 59.7 Å². The van der Waals surface area contributed by atoms with Gasteiger partial charge in [-0.2, -0.15) is 11.3 Å². The van der Waals surface area contributed by atoms with Gasteiger partial charge in [-0.05, 0) is 62.8 Å². The van der Waals surface area contributed by atoms with E-state index in [1.165, 1.54) is 47.6 Å². The molecule has 46 heavy (non-hydrogen) atoms. The van der Waals surface area contributed by atoms with E-state index in [0.29, 0.717) is 5.92 Å². The van der Waals surface area contributed by atoms with Gasteiger partial charge in [0, 0.05) is 37.2 Å². The number of aromatic nitrogens is 2. The molecule has 0 amide bonds. The molecule has 0 saturated carbocycles. The first-order valence-corrected chi connectivity index (χ1v) is 19.8. The van der Waals surface area contributed by atoms with Gasteiger partial charge in [0.05, 0.1) is 8.07 Å². The van der Waals surface area contributed by atoms with Crippen LogP contribution < -0.4 is 5.19 Å². The Morgan fingerprint density at radius 3 is 2.20 bits per heavy atom. The first kappa shape index (κ1) is 33.6. The van der Waals surface area contributed by atoms with Crippen molar-refractivity contribution in [1.82, 2.24) is 9.97 Å². The third-order valence-electron chi connectivity index (χ3n) is 8.15. The molecule has 0 aliphatic heterocycles. The summed E-state index contributed by atoms with van der Waals surface area (Å²) in [6.45, 7) is 13.7. The van der Waals surface area contributed by atoms with Crippen molar-refractivity contribution in [1.29, 1.82) is 0 Å². The van der Waals surface area contributed by atoms with Gasteiger partial charge >= 0.3 is 0 Å². The maximum Gasteiger partial charge on any atom is 0.0798 e. The molecule has 0 aliphatic carbocycles.